The molecule has 2 aromatic heterocycles. The zero-order chi connectivity index (χ0) is 18.0. The smallest absolute Gasteiger partial charge is 0.274 e. The van der Waals surface area contributed by atoms with Gasteiger partial charge in [-0.2, -0.15) is 4.98 Å². The van der Waals surface area contributed by atoms with E-state index in [0.717, 1.165) is 43.8 Å². The average Bonchev–Trinajstić information content (AvgIpc) is 3.43. The van der Waals surface area contributed by atoms with Crippen molar-refractivity contribution < 1.29 is 14.1 Å². The van der Waals surface area contributed by atoms with E-state index in [9.17, 15) is 4.79 Å². The van der Waals surface area contributed by atoms with Crippen molar-refractivity contribution in [3.05, 3.63) is 36.0 Å². The molecule has 3 heterocycles. The zero-order valence-corrected chi connectivity index (χ0v) is 14.9. The Bertz CT molecular complexity index is 751. The van der Waals surface area contributed by atoms with E-state index in [1.54, 1.807) is 19.5 Å². The summed E-state index contributed by atoms with van der Waals surface area (Å²) in [5.74, 6) is 1.89. The van der Waals surface area contributed by atoms with Gasteiger partial charge in [-0.15, -0.1) is 0 Å². The Morgan fingerprint density at radius 2 is 2.15 bits per heavy atom. The van der Waals surface area contributed by atoms with Crippen LogP contribution in [0.4, 0.5) is 0 Å². The summed E-state index contributed by atoms with van der Waals surface area (Å²) in [6.07, 6.45) is 9.27. The lowest BCUT2D eigenvalue weighted by Gasteiger charge is -2.39. The summed E-state index contributed by atoms with van der Waals surface area (Å²) < 4.78 is 10.8. The number of nitrogens with zero attached hydrogens (tertiary/aromatic N) is 5. The second-order valence-electron chi connectivity index (χ2n) is 7.14. The summed E-state index contributed by atoms with van der Waals surface area (Å²) in [5, 5.41) is 4.29. The fraction of sp³-hybridized carbons (Fsp3) is 0.611. The molecule has 1 saturated carbocycles. The van der Waals surface area contributed by atoms with Crippen LogP contribution in [0.3, 0.4) is 0 Å². The number of carbonyl (C=O) groups excluding carboxylic acids is 1. The van der Waals surface area contributed by atoms with E-state index in [-0.39, 0.29) is 11.3 Å². The van der Waals surface area contributed by atoms with Gasteiger partial charge in [-0.05, 0) is 32.1 Å². The predicted molar refractivity (Wildman–Crippen MR) is 91.6 cm³/mol. The van der Waals surface area contributed by atoms with Gasteiger partial charge in [-0.3, -0.25) is 9.78 Å². The van der Waals surface area contributed by atoms with Gasteiger partial charge in [0.1, 0.15) is 5.69 Å². The number of aromatic nitrogens is 4. The van der Waals surface area contributed by atoms with Crippen LogP contribution in [0.5, 0.6) is 0 Å². The first kappa shape index (κ1) is 17.1. The maximum atomic E-state index is 12.6. The Morgan fingerprint density at radius 3 is 2.81 bits per heavy atom. The number of hydrogen-bond acceptors (Lipinski definition) is 7. The third kappa shape index (κ3) is 3.33. The molecule has 2 fully saturated rings. The van der Waals surface area contributed by atoms with Crippen LogP contribution in [0.25, 0.3) is 0 Å². The Balaban J connectivity index is 1.49. The summed E-state index contributed by atoms with van der Waals surface area (Å²) in [4.78, 5) is 27.2. The second kappa shape index (κ2) is 7.11. The summed E-state index contributed by atoms with van der Waals surface area (Å²) in [5.41, 5.74) is 0.179. The largest absolute Gasteiger partial charge is 0.385 e. The van der Waals surface area contributed by atoms with Crippen molar-refractivity contribution in [2.24, 2.45) is 0 Å². The van der Waals surface area contributed by atoms with Crippen LogP contribution in [0.15, 0.2) is 23.1 Å². The molecular formula is C18H23N5O3. The normalized spacial score (nSPS) is 19.5. The van der Waals surface area contributed by atoms with Crippen LogP contribution in [0, 0.1) is 0 Å². The highest BCUT2D eigenvalue weighted by atomic mass is 16.5. The fourth-order valence-electron chi connectivity index (χ4n) is 3.54. The van der Waals surface area contributed by atoms with Crippen LogP contribution >= 0.6 is 0 Å². The maximum Gasteiger partial charge on any atom is 0.274 e. The molecule has 0 radical (unpaired) electrons. The summed E-state index contributed by atoms with van der Waals surface area (Å²) in [6.45, 7) is 1.89. The van der Waals surface area contributed by atoms with Crippen molar-refractivity contribution in [3.63, 3.8) is 0 Å². The van der Waals surface area contributed by atoms with Crippen molar-refractivity contribution in [1.29, 1.82) is 0 Å². The molecule has 0 atom stereocenters. The lowest BCUT2D eigenvalue weighted by atomic mass is 9.75. The van der Waals surface area contributed by atoms with Gasteiger partial charge in [0.25, 0.3) is 5.91 Å². The standard InChI is InChI=1S/C18H23N5O3/c1-25-11-6-18(17-21-15(26-22-17)13-2-3-13)4-9-23(10-5-18)16(24)14-12-19-7-8-20-14/h7-8,12-13H,2-6,9-11H2,1H3. The molecular weight excluding hydrogens is 334 g/mol. The van der Waals surface area contributed by atoms with E-state index >= 15 is 0 Å². The van der Waals surface area contributed by atoms with Crippen molar-refractivity contribution in [2.45, 2.75) is 43.4 Å². The molecule has 1 aliphatic heterocycles. The summed E-state index contributed by atoms with van der Waals surface area (Å²) in [6, 6.07) is 0. The quantitative estimate of drug-likeness (QED) is 0.780. The van der Waals surface area contributed by atoms with E-state index in [0.29, 0.717) is 31.3 Å². The van der Waals surface area contributed by atoms with E-state index in [2.05, 4.69) is 20.1 Å². The molecule has 138 valence electrons. The minimum atomic E-state index is -0.203. The molecule has 4 rings (SSSR count). The van der Waals surface area contributed by atoms with Gasteiger partial charge >= 0.3 is 0 Å². The Morgan fingerprint density at radius 1 is 1.35 bits per heavy atom. The van der Waals surface area contributed by atoms with Gasteiger partial charge in [0, 0.05) is 50.5 Å². The van der Waals surface area contributed by atoms with Crippen LogP contribution in [0.1, 0.15) is 60.2 Å². The predicted octanol–water partition coefficient (Wildman–Crippen LogP) is 1.95. The van der Waals surface area contributed by atoms with Gasteiger partial charge in [-0.25, -0.2) is 4.98 Å². The molecule has 0 bridgehead atoms. The van der Waals surface area contributed by atoms with Crippen LogP contribution in [0.2, 0.25) is 0 Å². The number of hydrogen-bond donors (Lipinski definition) is 0. The summed E-state index contributed by atoms with van der Waals surface area (Å²) >= 11 is 0. The SMILES string of the molecule is COCCC1(c2noc(C3CC3)n2)CCN(C(=O)c2cnccn2)CC1. The molecule has 0 spiro atoms. The number of likely N-dealkylation sites (tertiary alicyclic amines) is 1. The molecule has 0 aromatic carbocycles. The Kier molecular flexibility index (Phi) is 4.67. The monoisotopic (exact) mass is 357 g/mol. The highest BCUT2D eigenvalue weighted by Gasteiger charge is 2.42. The highest BCUT2D eigenvalue weighted by molar-refractivity contribution is 5.92. The van der Waals surface area contributed by atoms with Gasteiger partial charge in [0.05, 0.1) is 6.20 Å². The van der Waals surface area contributed by atoms with Crippen molar-refractivity contribution in [2.75, 3.05) is 26.8 Å². The molecule has 1 saturated heterocycles. The van der Waals surface area contributed by atoms with Gasteiger partial charge < -0.3 is 14.2 Å². The third-order valence-electron chi connectivity index (χ3n) is 5.42. The number of carbonyl (C=O) groups is 1. The minimum absolute atomic E-state index is 0.0785. The van der Waals surface area contributed by atoms with E-state index < -0.39 is 0 Å². The van der Waals surface area contributed by atoms with Crippen LogP contribution < -0.4 is 0 Å². The molecule has 1 aliphatic carbocycles. The first-order chi connectivity index (χ1) is 12.7. The molecule has 0 N–H and O–H groups in total. The van der Waals surface area contributed by atoms with E-state index in [1.165, 1.54) is 6.20 Å². The molecule has 8 nitrogen and oxygen atoms in total. The molecule has 2 aromatic rings. The molecule has 1 amide bonds. The number of ether oxygens (including phenoxy) is 1. The van der Waals surface area contributed by atoms with E-state index in [1.807, 2.05) is 4.90 Å². The minimum Gasteiger partial charge on any atom is -0.385 e. The lowest BCUT2D eigenvalue weighted by Crippen LogP contribution is -2.46. The third-order valence-corrected chi connectivity index (χ3v) is 5.42. The first-order valence-corrected chi connectivity index (χ1v) is 9.10. The number of rotatable bonds is 6. The average molecular weight is 357 g/mol. The van der Waals surface area contributed by atoms with E-state index in [4.69, 9.17) is 9.26 Å². The fourth-order valence-corrected chi connectivity index (χ4v) is 3.54. The highest BCUT2D eigenvalue weighted by Crippen LogP contribution is 2.42. The molecule has 0 unspecified atom stereocenters. The van der Waals surface area contributed by atoms with Crippen LogP contribution in [-0.4, -0.2) is 57.7 Å². The molecule has 2 aliphatic rings. The molecule has 26 heavy (non-hydrogen) atoms. The van der Waals surface area contributed by atoms with Crippen LogP contribution in [-0.2, 0) is 10.2 Å². The number of amides is 1. The van der Waals surface area contributed by atoms with Crippen molar-refractivity contribution >= 4 is 5.91 Å². The second-order valence-corrected chi connectivity index (χ2v) is 7.14. The maximum absolute atomic E-state index is 12.6. The summed E-state index contributed by atoms with van der Waals surface area (Å²) in [7, 11) is 1.70. The van der Waals surface area contributed by atoms with Crippen molar-refractivity contribution in [1.82, 2.24) is 25.0 Å². The van der Waals surface area contributed by atoms with Gasteiger partial charge in [0.2, 0.25) is 5.89 Å². The lowest BCUT2D eigenvalue weighted by molar-refractivity contribution is 0.0610. The Labute approximate surface area is 152 Å². The zero-order valence-electron chi connectivity index (χ0n) is 14.9. The number of methoxy groups -OCH3 is 1. The topological polar surface area (TPSA) is 94.2 Å². The van der Waals surface area contributed by atoms with Gasteiger partial charge in [-0.1, -0.05) is 5.16 Å². The number of piperidine rings is 1. The Hall–Kier alpha value is -2.35. The van der Waals surface area contributed by atoms with Crippen molar-refractivity contribution in [3.8, 4) is 0 Å². The van der Waals surface area contributed by atoms with Gasteiger partial charge in [0.15, 0.2) is 5.82 Å². The first-order valence-electron chi connectivity index (χ1n) is 9.10. The molecule has 8 heteroatoms.